The lowest BCUT2D eigenvalue weighted by molar-refractivity contribution is 0.264. The molecule has 0 N–H and O–H groups in total. The largest absolute Gasteiger partial charge is 0.484 e. The minimum atomic E-state index is 0.148. The van der Waals surface area contributed by atoms with Crippen LogP contribution in [0, 0.1) is 0 Å². The minimum Gasteiger partial charge on any atom is -0.484 e. The highest BCUT2D eigenvalue weighted by atomic mass is 79.9. The van der Waals surface area contributed by atoms with Crippen molar-refractivity contribution in [3.8, 4) is 17.2 Å². The SMILES string of the molecule is Clc1ccc(OCc2nnc(-c3ccccc3Br)o2)cc1Cl. The van der Waals surface area contributed by atoms with Gasteiger partial charge in [0.2, 0.25) is 5.89 Å². The standard InChI is InChI=1S/C15H9BrCl2N2O2/c16-11-4-2-1-3-10(11)15-20-19-14(22-15)8-21-9-5-6-12(17)13(18)7-9/h1-7H,8H2. The highest BCUT2D eigenvalue weighted by molar-refractivity contribution is 9.10. The van der Waals surface area contributed by atoms with E-state index < -0.39 is 0 Å². The summed E-state index contributed by atoms with van der Waals surface area (Å²) in [5.74, 6) is 1.38. The number of aromatic nitrogens is 2. The molecule has 0 unspecified atom stereocenters. The highest BCUT2D eigenvalue weighted by Gasteiger charge is 2.11. The first-order valence-electron chi connectivity index (χ1n) is 6.28. The van der Waals surface area contributed by atoms with Gasteiger partial charge in [-0.3, -0.25) is 0 Å². The number of ether oxygens (including phenoxy) is 1. The van der Waals surface area contributed by atoms with Crippen LogP contribution in [-0.2, 0) is 6.61 Å². The maximum absolute atomic E-state index is 5.93. The fourth-order valence-corrected chi connectivity index (χ4v) is 2.51. The first-order valence-corrected chi connectivity index (χ1v) is 7.83. The molecule has 4 nitrogen and oxygen atoms in total. The van der Waals surface area contributed by atoms with Gasteiger partial charge < -0.3 is 9.15 Å². The van der Waals surface area contributed by atoms with Gasteiger partial charge in [-0.1, -0.05) is 35.3 Å². The van der Waals surface area contributed by atoms with Crippen LogP contribution in [0.2, 0.25) is 10.0 Å². The molecule has 0 saturated heterocycles. The van der Waals surface area contributed by atoms with Crippen molar-refractivity contribution < 1.29 is 9.15 Å². The number of rotatable bonds is 4. The Morgan fingerprint density at radius 1 is 1.05 bits per heavy atom. The van der Waals surface area contributed by atoms with E-state index in [2.05, 4.69) is 26.1 Å². The van der Waals surface area contributed by atoms with Crippen molar-refractivity contribution >= 4 is 39.1 Å². The molecule has 3 rings (SSSR count). The number of halogens is 3. The van der Waals surface area contributed by atoms with Gasteiger partial charge in [-0.25, -0.2) is 0 Å². The minimum absolute atomic E-state index is 0.148. The van der Waals surface area contributed by atoms with Crippen molar-refractivity contribution in [3.63, 3.8) is 0 Å². The van der Waals surface area contributed by atoms with Gasteiger partial charge >= 0.3 is 0 Å². The molecule has 1 heterocycles. The molecule has 0 fully saturated rings. The number of benzene rings is 2. The molecule has 0 saturated carbocycles. The van der Waals surface area contributed by atoms with Crippen molar-refractivity contribution in [1.82, 2.24) is 10.2 Å². The fraction of sp³-hybridized carbons (Fsp3) is 0.0667. The van der Waals surface area contributed by atoms with Gasteiger partial charge in [0.15, 0.2) is 6.61 Å². The second kappa shape index (κ2) is 6.69. The summed E-state index contributed by atoms with van der Waals surface area (Å²) < 4.78 is 12.0. The molecular formula is C15H9BrCl2N2O2. The van der Waals surface area contributed by atoms with Gasteiger partial charge in [0.25, 0.3) is 5.89 Å². The Bertz CT molecular complexity index is 808. The molecule has 0 amide bonds. The van der Waals surface area contributed by atoms with Crippen LogP contribution in [0.4, 0.5) is 0 Å². The molecule has 0 radical (unpaired) electrons. The maximum atomic E-state index is 5.93. The Hall–Kier alpha value is -1.56. The van der Waals surface area contributed by atoms with Gasteiger partial charge in [-0.05, 0) is 40.2 Å². The van der Waals surface area contributed by atoms with Gasteiger partial charge in [0.05, 0.1) is 15.6 Å². The number of nitrogens with zero attached hydrogens (tertiary/aromatic N) is 2. The first kappa shape index (κ1) is 15.3. The van der Waals surface area contributed by atoms with E-state index in [4.69, 9.17) is 32.4 Å². The lowest BCUT2D eigenvalue weighted by Gasteiger charge is -2.04. The normalized spacial score (nSPS) is 10.7. The van der Waals surface area contributed by atoms with E-state index in [1.165, 1.54) is 0 Å². The van der Waals surface area contributed by atoms with Crippen molar-refractivity contribution in [2.24, 2.45) is 0 Å². The van der Waals surface area contributed by atoms with Crippen LogP contribution in [0.1, 0.15) is 5.89 Å². The predicted molar refractivity (Wildman–Crippen MR) is 88.2 cm³/mol. The number of hydrogen-bond acceptors (Lipinski definition) is 4. The highest BCUT2D eigenvalue weighted by Crippen LogP contribution is 2.28. The molecule has 0 atom stereocenters. The molecule has 3 aromatic rings. The Morgan fingerprint density at radius 3 is 2.64 bits per heavy atom. The van der Waals surface area contributed by atoms with Crippen LogP contribution >= 0.6 is 39.1 Å². The van der Waals surface area contributed by atoms with Crippen molar-refractivity contribution in [2.45, 2.75) is 6.61 Å². The zero-order valence-corrected chi connectivity index (χ0v) is 14.2. The average Bonchev–Trinajstić information content (AvgIpc) is 2.98. The third kappa shape index (κ3) is 3.43. The van der Waals surface area contributed by atoms with E-state index in [-0.39, 0.29) is 6.61 Å². The summed E-state index contributed by atoms with van der Waals surface area (Å²) in [6.07, 6.45) is 0. The summed E-state index contributed by atoms with van der Waals surface area (Å²) >= 11 is 15.2. The zero-order chi connectivity index (χ0) is 15.5. The molecule has 0 spiro atoms. The molecule has 2 aromatic carbocycles. The second-order valence-electron chi connectivity index (χ2n) is 4.35. The monoisotopic (exact) mass is 398 g/mol. The van der Waals surface area contributed by atoms with E-state index in [9.17, 15) is 0 Å². The third-order valence-corrected chi connectivity index (χ3v) is 4.26. The van der Waals surface area contributed by atoms with Gasteiger partial charge in [0.1, 0.15) is 5.75 Å². The Kier molecular flexibility index (Phi) is 4.66. The van der Waals surface area contributed by atoms with Crippen molar-refractivity contribution in [3.05, 3.63) is 62.9 Å². The summed E-state index contributed by atoms with van der Waals surface area (Å²) in [5.41, 5.74) is 0.829. The predicted octanol–water partition coefficient (Wildman–Crippen LogP) is 5.38. The summed E-state index contributed by atoms with van der Waals surface area (Å²) in [5, 5.41) is 8.89. The molecule has 0 aliphatic heterocycles. The Labute approximate surface area is 145 Å². The van der Waals surface area contributed by atoms with E-state index in [0.717, 1.165) is 10.0 Å². The summed E-state index contributed by atoms with van der Waals surface area (Å²) in [6, 6.07) is 12.6. The van der Waals surface area contributed by atoms with E-state index in [1.54, 1.807) is 18.2 Å². The smallest absolute Gasteiger partial charge is 0.254 e. The second-order valence-corrected chi connectivity index (χ2v) is 6.01. The van der Waals surface area contributed by atoms with Crippen molar-refractivity contribution in [1.29, 1.82) is 0 Å². The molecule has 1 aromatic heterocycles. The molecule has 0 aliphatic carbocycles. The lowest BCUT2D eigenvalue weighted by atomic mass is 10.2. The number of hydrogen-bond donors (Lipinski definition) is 0. The van der Waals surface area contributed by atoms with Gasteiger partial charge in [-0.15, -0.1) is 10.2 Å². The van der Waals surface area contributed by atoms with Crippen LogP contribution in [0.3, 0.4) is 0 Å². The topological polar surface area (TPSA) is 48.2 Å². The van der Waals surface area contributed by atoms with Crippen LogP contribution in [0.5, 0.6) is 5.75 Å². The van der Waals surface area contributed by atoms with E-state index in [0.29, 0.717) is 27.6 Å². The van der Waals surface area contributed by atoms with E-state index in [1.807, 2.05) is 24.3 Å². The van der Waals surface area contributed by atoms with Gasteiger partial charge in [0, 0.05) is 10.5 Å². The fourth-order valence-electron chi connectivity index (χ4n) is 1.77. The maximum Gasteiger partial charge on any atom is 0.254 e. The Morgan fingerprint density at radius 2 is 1.86 bits per heavy atom. The third-order valence-electron chi connectivity index (χ3n) is 2.82. The quantitative estimate of drug-likeness (QED) is 0.590. The molecule has 112 valence electrons. The van der Waals surface area contributed by atoms with Crippen molar-refractivity contribution in [2.75, 3.05) is 0 Å². The summed E-state index contributed by atoms with van der Waals surface area (Å²) in [4.78, 5) is 0. The van der Waals surface area contributed by atoms with Crippen LogP contribution < -0.4 is 4.74 Å². The molecule has 7 heteroatoms. The van der Waals surface area contributed by atoms with Gasteiger partial charge in [-0.2, -0.15) is 0 Å². The van der Waals surface area contributed by atoms with E-state index >= 15 is 0 Å². The first-order chi connectivity index (χ1) is 10.6. The average molecular weight is 400 g/mol. The van der Waals surface area contributed by atoms with Crippen LogP contribution in [0.25, 0.3) is 11.5 Å². The summed E-state index contributed by atoms with van der Waals surface area (Å²) in [7, 11) is 0. The molecule has 0 aliphatic rings. The molecular weight excluding hydrogens is 391 g/mol. The molecule has 22 heavy (non-hydrogen) atoms. The zero-order valence-electron chi connectivity index (χ0n) is 11.1. The Balaban J connectivity index is 1.72. The van der Waals surface area contributed by atoms with Crippen LogP contribution in [-0.4, -0.2) is 10.2 Å². The summed E-state index contributed by atoms with van der Waals surface area (Å²) in [6.45, 7) is 0.148. The lowest BCUT2D eigenvalue weighted by Crippen LogP contribution is -1.95. The molecule has 0 bridgehead atoms. The van der Waals surface area contributed by atoms with Crippen LogP contribution in [0.15, 0.2) is 51.4 Å².